The Morgan fingerprint density at radius 1 is 1.00 bits per heavy atom. The minimum atomic E-state index is -4.50. The van der Waals surface area contributed by atoms with Crippen molar-refractivity contribution < 1.29 is 18.0 Å². The summed E-state index contributed by atoms with van der Waals surface area (Å²) < 4.78 is 40.7. The topological polar surface area (TPSA) is 23.6 Å². The number of likely N-dealkylation sites (tertiary alicyclic amines) is 1. The van der Waals surface area contributed by atoms with E-state index in [0.717, 1.165) is 32.0 Å². The number of ketones is 1. The van der Waals surface area contributed by atoms with Gasteiger partial charge in [0.15, 0.2) is 5.78 Å². The minimum Gasteiger partial charge on any atom is -0.371 e. The quantitative estimate of drug-likeness (QED) is 0.534. The molecule has 2 saturated heterocycles. The van der Waals surface area contributed by atoms with Gasteiger partial charge in [0.1, 0.15) is 0 Å². The minimum absolute atomic E-state index is 0.0122. The lowest BCUT2D eigenvalue weighted by atomic mass is 9.98. The molecule has 166 valence electrons. The third-order valence-corrected chi connectivity index (χ3v) is 6.54. The summed E-state index contributed by atoms with van der Waals surface area (Å²) in [5.41, 5.74) is 0.472. The number of anilines is 1. The molecule has 0 bridgehead atoms. The highest BCUT2D eigenvalue weighted by Gasteiger charge is 2.33. The van der Waals surface area contributed by atoms with Gasteiger partial charge in [-0.05, 0) is 74.7 Å². The highest BCUT2D eigenvalue weighted by Crippen LogP contribution is 2.34. The molecule has 2 aliphatic rings. The Labute approximate surface area is 185 Å². The van der Waals surface area contributed by atoms with Crippen LogP contribution in [-0.2, 0) is 12.6 Å². The smallest absolute Gasteiger partial charge is 0.371 e. The van der Waals surface area contributed by atoms with Gasteiger partial charge in [0.2, 0.25) is 0 Å². The second kappa shape index (κ2) is 9.21. The van der Waals surface area contributed by atoms with Gasteiger partial charge in [0.05, 0.1) is 5.56 Å². The number of carbonyl (C=O) groups excluding carboxylic acids is 1. The van der Waals surface area contributed by atoms with E-state index in [1.807, 2.05) is 4.90 Å². The summed E-state index contributed by atoms with van der Waals surface area (Å²) in [6, 6.07) is 11.1. The van der Waals surface area contributed by atoms with Gasteiger partial charge in [-0.3, -0.25) is 4.79 Å². The predicted molar refractivity (Wildman–Crippen MR) is 117 cm³/mol. The van der Waals surface area contributed by atoms with E-state index in [1.54, 1.807) is 30.3 Å². The summed E-state index contributed by atoms with van der Waals surface area (Å²) >= 11 is 5.97. The van der Waals surface area contributed by atoms with Crippen LogP contribution in [0.1, 0.15) is 47.2 Å². The molecule has 0 saturated carbocycles. The largest absolute Gasteiger partial charge is 0.416 e. The lowest BCUT2D eigenvalue weighted by Gasteiger charge is -2.38. The molecule has 2 aliphatic heterocycles. The van der Waals surface area contributed by atoms with Gasteiger partial charge in [-0.25, -0.2) is 0 Å². The maximum atomic E-state index is 13.6. The number of alkyl halides is 3. The molecule has 2 heterocycles. The van der Waals surface area contributed by atoms with Crippen LogP contribution in [0.4, 0.5) is 18.9 Å². The second-order valence-electron chi connectivity index (χ2n) is 8.46. The molecule has 0 radical (unpaired) electrons. The Morgan fingerprint density at radius 3 is 2.35 bits per heavy atom. The molecule has 0 unspecified atom stereocenters. The van der Waals surface area contributed by atoms with Crippen molar-refractivity contribution in [3.8, 4) is 0 Å². The van der Waals surface area contributed by atoms with E-state index in [0.29, 0.717) is 35.4 Å². The third-order valence-electron chi connectivity index (χ3n) is 6.31. The predicted octanol–water partition coefficient (Wildman–Crippen LogP) is 5.85. The molecule has 4 rings (SSSR count). The summed E-state index contributed by atoms with van der Waals surface area (Å²) in [7, 11) is 0. The molecule has 2 aromatic rings. The van der Waals surface area contributed by atoms with Crippen molar-refractivity contribution in [2.24, 2.45) is 0 Å². The van der Waals surface area contributed by atoms with Crippen LogP contribution in [0.5, 0.6) is 0 Å². The van der Waals surface area contributed by atoms with E-state index in [4.69, 9.17) is 11.6 Å². The van der Waals surface area contributed by atoms with Crippen molar-refractivity contribution in [1.29, 1.82) is 0 Å². The number of halogens is 4. The molecule has 0 N–H and O–H groups in total. The van der Waals surface area contributed by atoms with Crippen LogP contribution in [0.15, 0.2) is 42.5 Å². The first-order valence-electron chi connectivity index (χ1n) is 10.8. The van der Waals surface area contributed by atoms with Crippen LogP contribution in [-0.4, -0.2) is 42.9 Å². The molecule has 0 aliphatic carbocycles. The normalized spacial score (nSPS) is 18.5. The second-order valence-corrected chi connectivity index (χ2v) is 8.89. The van der Waals surface area contributed by atoms with E-state index < -0.39 is 11.7 Å². The number of hydrogen-bond donors (Lipinski definition) is 0. The average Bonchev–Trinajstić information content (AvgIpc) is 3.28. The zero-order valence-electron chi connectivity index (χ0n) is 17.3. The SMILES string of the molecule is O=C(Cc1cccc(Cl)c1)c1cc(N2CCC(N3CCCC3)CC2)cc(C(F)(F)F)c1. The monoisotopic (exact) mass is 450 g/mol. The summed E-state index contributed by atoms with van der Waals surface area (Å²) in [4.78, 5) is 17.3. The van der Waals surface area contributed by atoms with Gasteiger partial charge in [-0.1, -0.05) is 23.7 Å². The molecule has 2 fully saturated rings. The summed E-state index contributed by atoms with van der Waals surface area (Å²) in [6.07, 6.45) is -0.171. The highest BCUT2D eigenvalue weighted by molar-refractivity contribution is 6.30. The fourth-order valence-corrected chi connectivity index (χ4v) is 4.86. The van der Waals surface area contributed by atoms with Gasteiger partial charge in [0.25, 0.3) is 0 Å². The number of nitrogens with zero attached hydrogens (tertiary/aromatic N) is 2. The van der Waals surface area contributed by atoms with Crippen LogP contribution >= 0.6 is 11.6 Å². The molecule has 2 aromatic carbocycles. The first kappa shape index (κ1) is 22.2. The first-order valence-corrected chi connectivity index (χ1v) is 11.2. The number of Topliss-reactive ketones (excluding diaryl/α,β-unsaturated/α-hetero) is 1. The fourth-order valence-electron chi connectivity index (χ4n) is 4.65. The zero-order chi connectivity index (χ0) is 22.0. The summed E-state index contributed by atoms with van der Waals surface area (Å²) in [5, 5.41) is 0.496. The first-order chi connectivity index (χ1) is 14.8. The molecule has 0 atom stereocenters. The van der Waals surface area contributed by atoms with E-state index in [2.05, 4.69) is 4.90 Å². The van der Waals surface area contributed by atoms with Crippen molar-refractivity contribution >= 4 is 23.1 Å². The van der Waals surface area contributed by atoms with E-state index in [1.165, 1.54) is 18.9 Å². The lowest BCUT2D eigenvalue weighted by molar-refractivity contribution is -0.137. The van der Waals surface area contributed by atoms with Crippen LogP contribution in [0, 0.1) is 0 Å². The van der Waals surface area contributed by atoms with Crippen molar-refractivity contribution in [2.75, 3.05) is 31.1 Å². The van der Waals surface area contributed by atoms with Crippen LogP contribution in [0.2, 0.25) is 5.02 Å². The summed E-state index contributed by atoms with van der Waals surface area (Å²) in [6.45, 7) is 3.64. The fraction of sp³-hybridized carbons (Fsp3) is 0.458. The van der Waals surface area contributed by atoms with Crippen LogP contribution < -0.4 is 4.90 Å². The Balaban J connectivity index is 1.54. The van der Waals surface area contributed by atoms with Crippen LogP contribution in [0.3, 0.4) is 0 Å². The molecule has 0 aromatic heterocycles. The molecule has 0 amide bonds. The van der Waals surface area contributed by atoms with E-state index in [-0.39, 0.29) is 17.8 Å². The molecular weight excluding hydrogens is 425 g/mol. The Morgan fingerprint density at radius 2 is 1.71 bits per heavy atom. The van der Waals surface area contributed by atoms with Crippen molar-refractivity contribution in [3.63, 3.8) is 0 Å². The number of carbonyl (C=O) groups is 1. The molecule has 7 heteroatoms. The van der Waals surface area contributed by atoms with E-state index in [9.17, 15) is 18.0 Å². The number of hydrogen-bond acceptors (Lipinski definition) is 3. The van der Waals surface area contributed by atoms with Gasteiger partial charge in [-0.15, -0.1) is 0 Å². The van der Waals surface area contributed by atoms with Gasteiger partial charge in [-0.2, -0.15) is 13.2 Å². The van der Waals surface area contributed by atoms with Crippen molar-refractivity contribution in [3.05, 3.63) is 64.2 Å². The highest BCUT2D eigenvalue weighted by atomic mass is 35.5. The lowest BCUT2D eigenvalue weighted by Crippen LogP contribution is -2.44. The van der Waals surface area contributed by atoms with Gasteiger partial charge in [0, 0.05) is 41.8 Å². The van der Waals surface area contributed by atoms with E-state index >= 15 is 0 Å². The standard InChI is InChI=1S/C24H26ClF3N2O/c25-20-5-3-4-17(12-20)13-23(31)18-14-19(24(26,27)28)16-22(15-18)30-10-6-21(7-11-30)29-8-1-2-9-29/h3-5,12,14-16,21H,1-2,6-11,13H2. The Kier molecular flexibility index (Phi) is 6.58. The molecule has 3 nitrogen and oxygen atoms in total. The number of piperidine rings is 1. The third kappa shape index (κ3) is 5.42. The number of benzene rings is 2. The Bertz CT molecular complexity index is 933. The van der Waals surface area contributed by atoms with Crippen molar-refractivity contribution in [2.45, 2.75) is 44.3 Å². The molecular formula is C24H26ClF3N2O. The maximum Gasteiger partial charge on any atom is 0.416 e. The van der Waals surface area contributed by atoms with Gasteiger partial charge >= 0.3 is 6.18 Å². The van der Waals surface area contributed by atoms with Crippen molar-refractivity contribution in [1.82, 2.24) is 4.90 Å². The average molecular weight is 451 g/mol. The maximum absolute atomic E-state index is 13.6. The van der Waals surface area contributed by atoms with Crippen LogP contribution in [0.25, 0.3) is 0 Å². The number of rotatable bonds is 5. The molecule has 0 spiro atoms. The Hall–Kier alpha value is -2.05. The van der Waals surface area contributed by atoms with Gasteiger partial charge < -0.3 is 9.80 Å². The molecule has 31 heavy (non-hydrogen) atoms. The summed E-state index contributed by atoms with van der Waals surface area (Å²) in [5.74, 6) is -0.346. The zero-order valence-corrected chi connectivity index (χ0v) is 18.1.